The lowest BCUT2D eigenvalue weighted by Crippen LogP contribution is -2.40. The van der Waals surface area contributed by atoms with E-state index in [0.29, 0.717) is 6.04 Å². The molecule has 0 bridgehead atoms. The van der Waals surface area contributed by atoms with Crippen molar-refractivity contribution in [2.45, 2.75) is 47.1 Å². The Morgan fingerprint density at radius 3 is 2.29 bits per heavy atom. The van der Waals surface area contributed by atoms with Gasteiger partial charge in [-0.2, -0.15) is 5.10 Å². The SMILES string of the molecule is CCc1nn(C)c(N(C)C(C)C(C)(C)C)c1N. The Balaban J connectivity index is 3.12. The van der Waals surface area contributed by atoms with Crippen molar-refractivity contribution >= 4 is 11.5 Å². The fraction of sp³-hybridized carbons (Fsp3) is 0.769. The molecule has 0 aliphatic carbocycles. The first kappa shape index (κ1) is 13.9. The number of hydrogen-bond acceptors (Lipinski definition) is 3. The van der Waals surface area contributed by atoms with E-state index in [0.717, 1.165) is 23.6 Å². The molecule has 17 heavy (non-hydrogen) atoms. The molecular formula is C13H26N4. The molecule has 1 atom stereocenters. The molecule has 0 aliphatic heterocycles. The van der Waals surface area contributed by atoms with E-state index in [9.17, 15) is 0 Å². The van der Waals surface area contributed by atoms with Gasteiger partial charge in [-0.05, 0) is 18.8 Å². The van der Waals surface area contributed by atoms with Gasteiger partial charge in [-0.1, -0.05) is 27.7 Å². The Morgan fingerprint density at radius 2 is 1.94 bits per heavy atom. The van der Waals surface area contributed by atoms with Gasteiger partial charge in [-0.3, -0.25) is 4.68 Å². The second kappa shape index (κ2) is 4.59. The third-order valence-corrected chi connectivity index (χ3v) is 3.63. The second-order valence-corrected chi connectivity index (χ2v) is 5.81. The van der Waals surface area contributed by atoms with E-state index in [1.54, 1.807) is 0 Å². The molecule has 98 valence electrons. The predicted molar refractivity (Wildman–Crippen MR) is 74.3 cm³/mol. The molecule has 0 saturated carbocycles. The van der Waals surface area contributed by atoms with E-state index in [4.69, 9.17) is 5.73 Å². The van der Waals surface area contributed by atoms with Gasteiger partial charge in [0.2, 0.25) is 0 Å². The Labute approximate surface area is 105 Å². The molecule has 0 amide bonds. The number of rotatable bonds is 3. The van der Waals surface area contributed by atoms with Crippen molar-refractivity contribution in [3.8, 4) is 0 Å². The average Bonchev–Trinajstić information content (AvgIpc) is 2.50. The minimum atomic E-state index is 0.206. The highest BCUT2D eigenvalue weighted by Crippen LogP contribution is 2.32. The van der Waals surface area contributed by atoms with E-state index in [1.165, 1.54) is 0 Å². The second-order valence-electron chi connectivity index (χ2n) is 5.81. The highest BCUT2D eigenvalue weighted by molar-refractivity contribution is 5.66. The molecule has 1 unspecified atom stereocenters. The van der Waals surface area contributed by atoms with Crippen LogP contribution in [0.2, 0.25) is 0 Å². The van der Waals surface area contributed by atoms with Crippen LogP contribution in [0.5, 0.6) is 0 Å². The summed E-state index contributed by atoms with van der Waals surface area (Å²) >= 11 is 0. The number of nitrogens with zero attached hydrogens (tertiary/aromatic N) is 3. The third kappa shape index (κ3) is 2.56. The van der Waals surface area contributed by atoms with E-state index in [2.05, 4.69) is 51.7 Å². The van der Waals surface area contributed by atoms with Crippen molar-refractivity contribution in [2.24, 2.45) is 12.5 Å². The Bertz CT molecular complexity index is 387. The fourth-order valence-corrected chi connectivity index (χ4v) is 2.03. The maximum absolute atomic E-state index is 6.17. The molecule has 4 heteroatoms. The normalized spacial score (nSPS) is 13.8. The summed E-state index contributed by atoms with van der Waals surface area (Å²) in [5, 5.41) is 4.46. The standard InChI is InChI=1S/C13H26N4/c1-8-10-11(14)12(17(7)15-10)16(6)9(2)13(3,4)5/h9H,8,14H2,1-7H3. The van der Waals surface area contributed by atoms with Gasteiger partial charge in [0.1, 0.15) is 5.82 Å². The highest BCUT2D eigenvalue weighted by Gasteiger charge is 2.27. The van der Waals surface area contributed by atoms with Crippen molar-refractivity contribution in [3.05, 3.63) is 5.69 Å². The van der Waals surface area contributed by atoms with E-state index in [-0.39, 0.29) is 5.41 Å². The first-order valence-electron chi connectivity index (χ1n) is 6.24. The van der Waals surface area contributed by atoms with Crippen LogP contribution in [0, 0.1) is 5.41 Å². The van der Waals surface area contributed by atoms with Crippen molar-refractivity contribution in [3.63, 3.8) is 0 Å². The van der Waals surface area contributed by atoms with Crippen LogP contribution in [0.15, 0.2) is 0 Å². The summed E-state index contributed by atoms with van der Waals surface area (Å²) in [6.45, 7) is 11.0. The Morgan fingerprint density at radius 1 is 1.41 bits per heavy atom. The van der Waals surface area contributed by atoms with Crippen molar-refractivity contribution < 1.29 is 0 Å². The van der Waals surface area contributed by atoms with Gasteiger partial charge in [0.25, 0.3) is 0 Å². The zero-order valence-corrected chi connectivity index (χ0v) is 12.2. The lowest BCUT2D eigenvalue weighted by atomic mass is 9.87. The molecular weight excluding hydrogens is 212 g/mol. The minimum Gasteiger partial charge on any atom is -0.394 e. The summed E-state index contributed by atoms with van der Waals surface area (Å²) in [5.41, 5.74) is 8.17. The monoisotopic (exact) mass is 238 g/mol. The minimum absolute atomic E-state index is 0.206. The van der Waals surface area contributed by atoms with Gasteiger partial charge < -0.3 is 10.6 Å². The molecule has 2 N–H and O–H groups in total. The molecule has 0 aliphatic rings. The maximum atomic E-state index is 6.17. The van der Waals surface area contributed by atoms with E-state index >= 15 is 0 Å². The maximum Gasteiger partial charge on any atom is 0.150 e. The number of nitrogen functional groups attached to an aromatic ring is 1. The lowest BCUT2D eigenvalue weighted by molar-refractivity contribution is 0.327. The molecule has 1 aromatic heterocycles. The molecule has 1 heterocycles. The molecule has 0 fully saturated rings. The lowest BCUT2D eigenvalue weighted by Gasteiger charge is -2.36. The van der Waals surface area contributed by atoms with Crippen molar-refractivity contribution in [2.75, 3.05) is 17.7 Å². The number of aromatic nitrogens is 2. The summed E-state index contributed by atoms with van der Waals surface area (Å²) in [5.74, 6) is 1.02. The number of hydrogen-bond donors (Lipinski definition) is 1. The Kier molecular flexibility index (Phi) is 3.74. The largest absolute Gasteiger partial charge is 0.394 e. The van der Waals surface area contributed by atoms with Crippen LogP contribution >= 0.6 is 0 Å². The van der Waals surface area contributed by atoms with Gasteiger partial charge in [0.15, 0.2) is 0 Å². The molecule has 1 aromatic rings. The summed E-state index contributed by atoms with van der Waals surface area (Å²) in [7, 11) is 4.04. The Hall–Kier alpha value is -1.19. The highest BCUT2D eigenvalue weighted by atomic mass is 15.4. The number of nitrogens with two attached hydrogens (primary N) is 1. The van der Waals surface area contributed by atoms with Gasteiger partial charge in [0.05, 0.1) is 11.4 Å². The van der Waals surface area contributed by atoms with Crippen LogP contribution < -0.4 is 10.6 Å². The summed E-state index contributed by atoms with van der Waals surface area (Å²) < 4.78 is 1.89. The van der Waals surface area contributed by atoms with Crippen molar-refractivity contribution in [1.29, 1.82) is 0 Å². The van der Waals surface area contributed by atoms with Crippen LogP contribution in [0.25, 0.3) is 0 Å². The first-order chi connectivity index (χ1) is 7.70. The zero-order valence-electron chi connectivity index (χ0n) is 12.2. The smallest absolute Gasteiger partial charge is 0.150 e. The summed E-state index contributed by atoms with van der Waals surface area (Å²) in [6, 6.07) is 0.393. The van der Waals surface area contributed by atoms with Crippen molar-refractivity contribution in [1.82, 2.24) is 9.78 Å². The fourth-order valence-electron chi connectivity index (χ4n) is 2.03. The average molecular weight is 238 g/mol. The van der Waals surface area contributed by atoms with Crippen LogP contribution in [0.4, 0.5) is 11.5 Å². The quantitative estimate of drug-likeness (QED) is 0.880. The van der Waals surface area contributed by atoms with E-state index < -0.39 is 0 Å². The van der Waals surface area contributed by atoms with Gasteiger partial charge in [-0.15, -0.1) is 0 Å². The molecule has 4 nitrogen and oxygen atoms in total. The molecule has 0 saturated heterocycles. The number of aryl methyl sites for hydroxylation is 2. The third-order valence-electron chi connectivity index (χ3n) is 3.63. The summed E-state index contributed by atoms with van der Waals surface area (Å²) in [6.07, 6.45) is 0.872. The van der Waals surface area contributed by atoms with Crippen LogP contribution in [-0.4, -0.2) is 22.9 Å². The van der Waals surface area contributed by atoms with Gasteiger partial charge in [-0.25, -0.2) is 0 Å². The molecule has 0 radical (unpaired) electrons. The number of anilines is 2. The summed E-state index contributed by atoms with van der Waals surface area (Å²) in [4.78, 5) is 2.22. The molecule has 0 aromatic carbocycles. The zero-order chi connectivity index (χ0) is 13.4. The topological polar surface area (TPSA) is 47.1 Å². The van der Waals surface area contributed by atoms with Crippen LogP contribution in [-0.2, 0) is 13.5 Å². The van der Waals surface area contributed by atoms with E-state index in [1.807, 2.05) is 11.7 Å². The van der Waals surface area contributed by atoms with Gasteiger partial charge in [0, 0.05) is 20.1 Å². The molecule has 1 rings (SSSR count). The molecule has 0 spiro atoms. The predicted octanol–water partition coefficient (Wildman–Crippen LogP) is 2.44. The van der Waals surface area contributed by atoms with Crippen LogP contribution in [0.1, 0.15) is 40.3 Å². The van der Waals surface area contributed by atoms with Crippen LogP contribution in [0.3, 0.4) is 0 Å². The van der Waals surface area contributed by atoms with Gasteiger partial charge >= 0.3 is 0 Å². The first-order valence-corrected chi connectivity index (χ1v) is 6.24.